The molecule has 0 unspecified atom stereocenters. The van der Waals surface area contributed by atoms with Crippen molar-refractivity contribution in [2.24, 2.45) is 0 Å². The van der Waals surface area contributed by atoms with Crippen LogP contribution in [0.25, 0.3) is 0 Å². The summed E-state index contributed by atoms with van der Waals surface area (Å²) in [6.07, 6.45) is -0.230. The fraction of sp³-hybridized carbons (Fsp3) is 0.176. The molecule has 0 bridgehead atoms. The van der Waals surface area contributed by atoms with E-state index >= 15 is 0 Å². The van der Waals surface area contributed by atoms with Gasteiger partial charge in [-0.2, -0.15) is 0 Å². The zero-order valence-electron chi connectivity index (χ0n) is 12.2. The number of carbonyl (C=O) groups excluding carboxylic acids is 1. The number of hydrogen-bond acceptors (Lipinski definition) is 3. The number of carboxylic acids is 1. The molecule has 0 aliphatic heterocycles. The van der Waals surface area contributed by atoms with Gasteiger partial charge in [0.25, 0.3) is 5.91 Å². The number of halogens is 1. The summed E-state index contributed by atoms with van der Waals surface area (Å²) >= 11 is 0. The number of carboxylic acid groups (broad SMARTS) is 1. The Morgan fingerprint density at radius 1 is 1.09 bits per heavy atom. The molecule has 0 saturated heterocycles. The van der Waals surface area contributed by atoms with E-state index in [9.17, 15) is 14.0 Å². The first kappa shape index (κ1) is 16.5. The summed E-state index contributed by atoms with van der Waals surface area (Å²) < 4.78 is 18.0. The number of rotatable bonds is 7. The van der Waals surface area contributed by atoms with Crippen molar-refractivity contribution in [2.45, 2.75) is 12.5 Å². The van der Waals surface area contributed by atoms with Crippen molar-refractivity contribution in [1.82, 2.24) is 5.32 Å². The van der Waals surface area contributed by atoms with Crippen LogP contribution in [0.15, 0.2) is 54.6 Å². The van der Waals surface area contributed by atoms with E-state index in [1.807, 2.05) is 0 Å². The van der Waals surface area contributed by atoms with E-state index in [0.29, 0.717) is 11.3 Å². The number of carbonyl (C=O) groups is 2. The molecule has 0 fully saturated rings. The number of aliphatic carboxylic acids is 1. The Balaban J connectivity index is 1.94. The molecule has 2 aromatic rings. The van der Waals surface area contributed by atoms with Crippen LogP contribution in [0.3, 0.4) is 0 Å². The Hall–Kier alpha value is -2.89. The summed E-state index contributed by atoms with van der Waals surface area (Å²) in [5.74, 6) is -1.51. The molecule has 2 rings (SSSR count). The third-order valence-corrected chi connectivity index (χ3v) is 3.10. The number of nitrogens with one attached hydrogen (secondary N) is 1. The largest absolute Gasteiger partial charge is 0.484 e. The van der Waals surface area contributed by atoms with Crippen LogP contribution in [-0.2, 0) is 9.59 Å². The van der Waals surface area contributed by atoms with Crippen molar-refractivity contribution in [2.75, 3.05) is 6.61 Å². The van der Waals surface area contributed by atoms with E-state index in [0.717, 1.165) is 0 Å². The van der Waals surface area contributed by atoms with Crippen molar-refractivity contribution in [3.05, 3.63) is 66.0 Å². The maximum absolute atomic E-state index is 12.8. The second-order valence-corrected chi connectivity index (χ2v) is 4.87. The molecule has 23 heavy (non-hydrogen) atoms. The Kier molecular flexibility index (Phi) is 5.68. The Bertz CT molecular complexity index is 658. The quantitative estimate of drug-likeness (QED) is 0.823. The molecule has 0 aromatic heterocycles. The van der Waals surface area contributed by atoms with E-state index in [-0.39, 0.29) is 13.0 Å². The predicted molar refractivity (Wildman–Crippen MR) is 81.5 cm³/mol. The van der Waals surface area contributed by atoms with Crippen LogP contribution < -0.4 is 10.1 Å². The van der Waals surface area contributed by atoms with Crippen LogP contribution in [0.4, 0.5) is 4.39 Å². The van der Waals surface area contributed by atoms with Gasteiger partial charge in [0, 0.05) is 0 Å². The molecule has 0 saturated carbocycles. The molecule has 0 radical (unpaired) electrons. The van der Waals surface area contributed by atoms with Gasteiger partial charge in [0.1, 0.15) is 11.6 Å². The lowest BCUT2D eigenvalue weighted by Gasteiger charge is -2.17. The SMILES string of the molecule is O=C(O)C[C@H](NC(=O)COc1ccc(F)cc1)c1ccccc1. The van der Waals surface area contributed by atoms with E-state index in [1.54, 1.807) is 30.3 Å². The minimum atomic E-state index is -1.02. The Morgan fingerprint density at radius 2 is 1.74 bits per heavy atom. The highest BCUT2D eigenvalue weighted by molar-refractivity contribution is 5.79. The van der Waals surface area contributed by atoms with Crippen molar-refractivity contribution in [3.63, 3.8) is 0 Å². The lowest BCUT2D eigenvalue weighted by molar-refractivity contribution is -0.137. The average molecular weight is 317 g/mol. The highest BCUT2D eigenvalue weighted by Crippen LogP contribution is 2.16. The second kappa shape index (κ2) is 7.93. The van der Waals surface area contributed by atoms with E-state index in [2.05, 4.69) is 5.32 Å². The maximum atomic E-state index is 12.8. The van der Waals surface area contributed by atoms with E-state index < -0.39 is 23.7 Å². The molecule has 1 atom stereocenters. The van der Waals surface area contributed by atoms with Gasteiger partial charge in [-0.25, -0.2) is 4.39 Å². The molecule has 0 aliphatic rings. The van der Waals surface area contributed by atoms with Gasteiger partial charge in [-0.05, 0) is 29.8 Å². The van der Waals surface area contributed by atoms with Gasteiger partial charge in [0.15, 0.2) is 6.61 Å². The molecule has 2 aromatic carbocycles. The predicted octanol–water partition coefficient (Wildman–Crippen LogP) is 2.54. The second-order valence-electron chi connectivity index (χ2n) is 4.87. The number of ether oxygens (including phenoxy) is 1. The first-order valence-electron chi connectivity index (χ1n) is 6.99. The molecule has 0 spiro atoms. The number of amides is 1. The lowest BCUT2D eigenvalue weighted by Crippen LogP contribution is -2.33. The molecule has 5 nitrogen and oxygen atoms in total. The summed E-state index contributed by atoms with van der Waals surface area (Å²) in [5, 5.41) is 11.6. The minimum absolute atomic E-state index is 0.230. The summed E-state index contributed by atoms with van der Waals surface area (Å²) in [7, 11) is 0. The highest BCUT2D eigenvalue weighted by Gasteiger charge is 2.18. The third-order valence-electron chi connectivity index (χ3n) is 3.10. The minimum Gasteiger partial charge on any atom is -0.484 e. The fourth-order valence-electron chi connectivity index (χ4n) is 2.03. The van der Waals surface area contributed by atoms with E-state index in [1.165, 1.54) is 24.3 Å². The van der Waals surface area contributed by atoms with Crippen molar-refractivity contribution in [1.29, 1.82) is 0 Å². The molecule has 1 amide bonds. The number of hydrogen-bond donors (Lipinski definition) is 2. The van der Waals surface area contributed by atoms with Crippen LogP contribution in [0.2, 0.25) is 0 Å². The monoisotopic (exact) mass is 317 g/mol. The van der Waals surface area contributed by atoms with Gasteiger partial charge in [0.05, 0.1) is 12.5 Å². The normalized spacial score (nSPS) is 11.5. The summed E-state index contributed by atoms with van der Waals surface area (Å²) in [6.45, 7) is -0.283. The van der Waals surface area contributed by atoms with Gasteiger partial charge >= 0.3 is 5.97 Å². The number of benzene rings is 2. The van der Waals surface area contributed by atoms with E-state index in [4.69, 9.17) is 9.84 Å². The molecule has 2 N–H and O–H groups in total. The van der Waals surface area contributed by atoms with Crippen LogP contribution >= 0.6 is 0 Å². The maximum Gasteiger partial charge on any atom is 0.305 e. The fourth-order valence-corrected chi connectivity index (χ4v) is 2.03. The summed E-state index contributed by atoms with van der Waals surface area (Å²) in [6, 6.07) is 13.5. The molecular weight excluding hydrogens is 301 g/mol. The van der Waals surface area contributed by atoms with Gasteiger partial charge in [-0.1, -0.05) is 30.3 Å². The molecule has 120 valence electrons. The van der Waals surface area contributed by atoms with Gasteiger partial charge in [-0.3, -0.25) is 9.59 Å². The van der Waals surface area contributed by atoms with Gasteiger partial charge in [0.2, 0.25) is 0 Å². The van der Waals surface area contributed by atoms with Crippen LogP contribution in [0, 0.1) is 5.82 Å². The first-order valence-corrected chi connectivity index (χ1v) is 6.99. The summed E-state index contributed by atoms with van der Waals surface area (Å²) in [4.78, 5) is 22.9. The molecule has 0 heterocycles. The van der Waals surface area contributed by atoms with Crippen LogP contribution in [0.1, 0.15) is 18.0 Å². The Morgan fingerprint density at radius 3 is 2.35 bits per heavy atom. The van der Waals surface area contributed by atoms with Gasteiger partial charge < -0.3 is 15.2 Å². The van der Waals surface area contributed by atoms with Crippen molar-refractivity contribution < 1.29 is 23.8 Å². The molecule has 6 heteroatoms. The average Bonchev–Trinajstić information content (AvgIpc) is 2.54. The molecular formula is C17H16FNO4. The first-order chi connectivity index (χ1) is 11.0. The third kappa shape index (κ3) is 5.43. The van der Waals surface area contributed by atoms with Crippen molar-refractivity contribution >= 4 is 11.9 Å². The lowest BCUT2D eigenvalue weighted by atomic mass is 10.0. The van der Waals surface area contributed by atoms with Crippen LogP contribution in [-0.4, -0.2) is 23.6 Å². The topological polar surface area (TPSA) is 75.6 Å². The zero-order chi connectivity index (χ0) is 16.7. The van der Waals surface area contributed by atoms with Crippen LogP contribution in [0.5, 0.6) is 5.75 Å². The smallest absolute Gasteiger partial charge is 0.305 e. The van der Waals surface area contributed by atoms with Gasteiger partial charge in [-0.15, -0.1) is 0 Å². The zero-order valence-corrected chi connectivity index (χ0v) is 12.2. The highest BCUT2D eigenvalue weighted by atomic mass is 19.1. The molecule has 0 aliphatic carbocycles. The van der Waals surface area contributed by atoms with Crippen molar-refractivity contribution in [3.8, 4) is 5.75 Å². The standard InChI is InChI=1S/C17H16FNO4/c18-13-6-8-14(9-7-13)23-11-16(20)19-15(10-17(21)22)12-4-2-1-3-5-12/h1-9,15H,10-11H2,(H,19,20)(H,21,22)/t15-/m0/s1. The Labute approximate surface area is 132 Å². The summed E-state index contributed by atoms with van der Waals surface area (Å²) in [5.41, 5.74) is 0.699.